The van der Waals surface area contributed by atoms with Crippen molar-refractivity contribution < 1.29 is 18.4 Å². The highest BCUT2D eigenvalue weighted by atomic mass is 19.1. The van der Waals surface area contributed by atoms with E-state index in [-0.39, 0.29) is 17.8 Å². The number of hydrogen-bond donors (Lipinski definition) is 1. The molecule has 2 amide bonds. The third-order valence-corrected chi connectivity index (χ3v) is 4.36. The first-order chi connectivity index (χ1) is 11.9. The predicted octanol–water partition coefficient (Wildman–Crippen LogP) is 1.00. The van der Waals surface area contributed by atoms with Gasteiger partial charge in [0.25, 0.3) is 5.91 Å². The predicted molar refractivity (Wildman–Crippen MR) is 83.5 cm³/mol. The van der Waals surface area contributed by atoms with Crippen LogP contribution in [0.15, 0.2) is 18.2 Å². The van der Waals surface area contributed by atoms with Crippen molar-refractivity contribution in [2.24, 2.45) is 5.73 Å². The molecule has 0 spiro atoms. The number of likely N-dealkylation sites (tertiary alicyclic amines) is 1. The number of benzene rings is 1. The van der Waals surface area contributed by atoms with Crippen molar-refractivity contribution in [3.63, 3.8) is 0 Å². The fraction of sp³-hybridized carbons (Fsp3) is 0.375. The molecule has 3 rings (SSSR count). The Bertz CT molecular complexity index is 836. The van der Waals surface area contributed by atoms with E-state index in [0.717, 1.165) is 12.1 Å². The molecule has 1 saturated heterocycles. The van der Waals surface area contributed by atoms with Crippen LogP contribution in [0.1, 0.15) is 34.6 Å². The van der Waals surface area contributed by atoms with E-state index in [1.807, 2.05) is 0 Å². The first kappa shape index (κ1) is 17.0. The fourth-order valence-corrected chi connectivity index (χ4v) is 2.96. The molecule has 2 heterocycles. The molecule has 1 aliphatic rings. The Kier molecular flexibility index (Phi) is 4.47. The molecule has 1 aromatic heterocycles. The zero-order chi connectivity index (χ0) is 18.1. The Morgan fingerprint density at radius 2 is 2.12 bits per heavy atom. The summed E-state index contributed by atoms with van der Waals surface area (Å²) in [6.07, 6.45) is 1.21. The van der Waals surface area contributed by atoms with Crippen molar-refractivity contribution in [1.29, 1.82) is 0 Å². The summed E-state index contributed by atoms with van der Waals surface area (Å²) in [5.41, 5.74) is 6.09. The van der Waals surface area contributed by atoms with Gasteiger partial charge in [0.2, 0.25) is 5.91 Å². The second kappa shape index (κ2) is 6.58. The Hall–Kier alpha value is -2.84. The summed E-state index contributed by atoms with van der Waals surface area (Å²) in [6, 6.07) is 2.61. The maximum Gasteiger partial charge on any atom is 0.277 e. The van der Waals surface area contributed by atoms with E-state index >= 15 is 0 Å². The summed E-state index contributed by atoms with van der Waals surface area (Å²) in [7, 11) is 0. The number of carbonyl (C=O) groups is 2. The minimum absolute atomic E-state index is 0.0114. The van der Waals surface area contributed by atoms with Crippen molar-refractivity contribution in [2.75, 3.05) is 6.54 Å². The molecule has 132 valence electrons. The topological polar surface area (TPSA) is 94.1 Å². The van der Waals surface area contributed by atoms with E-state index < -0.39 is 29.5 Å². The van der Waals surface area contributed by atoms with Gasteiger partial charge in [0.1, 0.15) is 17.7 Å². The van der Waals surface area contributed by atoms with Gasteiger partial charge >= 0.3 is 0 Å². The van der Waals surface area contributed by atoms with Gasteiger partial charge in [0, 0.05) is 18.2 Å². The van der Waals surface area contributed by atoms with Gasteiger partial charge in [-0.05, 0) is 25.8 Å². The molecule has 9 heteroatoms. The Labute approximate surface area is 142 Å². The van der Waals surface area contributed by atoms with Crippen LogP contribution in [0.25, 0.3) is 0 Å². The highest BCUT2D eigenvalue weighted by Crippen LogP contribution is 2.21. The van der Waals surface area contributed by atoms with Gasteiger partial charge in [0.15, 0.2) is 5.69 Å². The molecule has 2 aromatic rings. The van der Waals surface area contributed by atoms with Gasteiger partial charge in [-0.15, -0.1) is 5.10 Å². The number of rotatable bonds is 4. The number of halogens is 2. The lowest BCUT2D eigenvalue weighted by Gasteiger charge is -2.21. The van der Waals surface area contributed by atoms with Crippen LogP contribution in [0.2, 0.25) is 0 Å². The van der Waals surface area contributed by atoms with Crippen LogP contribution in [0, 0.1) is 18.6 Å². The summed E-state index contributed by atoms with van der Waals surface area (Å²) < 4.78 is 28.1. The van der Waals surface area contributed by atoms with Gasteiger partial charge in [-0.3, -0.25) is 9.59 Å². The standard InChI is InChI=1S/C16H17F2N5O2/c1-9-14(16(25)22-6-2-3-13(22)15(19)24)20-21-23(9)8-10-4-5-11(17)7-12(10)18/h4-5,7,13H,2-3,6,8H2,1H3,(H2,19,24)/t13-/m0/s1. The average Bonchev–Trinajstić information content (AvgIpc) is 3.17. The maximum absolute atomic E-state index is 13.8. The molecule has 1 fully saturated rings. The van der Waals surface area contributed by atoms with Crippen molar-refractivity contribution in [3.8, 4) is 0 Å². The van der Waals surface area contributed by atoms with Crippen LogP contribution in [-0.4, -0.2) is 44.3 Å². The van der Waals surface area contributed by atoms with Gasteiger partial charge in [-0.25, -0.2) is 13.5 Å². The molecule has 1 aliphatic heterocycles. The fourth-order valence-electron chi connectivity index (χ4n) is 2.96. The molecule has 0 saturated carbocycles. The van der Waals surface area contributed by atoms with Gasteiger partial charge < -0.3 is 10.6 Å². The van der Waals surface area contributed by atoms with E-state index in [0.29, 0.717) is 25.1 Å². The lowest BCUT2D eigenvalue weighted by molar-refractivity contribution is -0.121. The number of hydrogen-bond acceptors (Lipinski definition) is 4. The summed E-state index contributed by atoms with van der Waals surface area (Å²) in [5.74, 6) is -2.34. The molecular formula is C16H17F2N5O2. The second-order valence-electron chi connectivity index (χ2n) is 5.98. The maximum atomic E-state index is 13.8. The summed E-state index contributed by atoms with van der Waals surface area (Å²) >= 11 is 0. The molecule has 7 nitrogen and oxygen atoms in total. The second-order valence-corrected chi connectivity index (χ2v) is 5.98. The Balaban J connectivity index is 1.83. The molecular weight excluding hydrogens is 332 g/mol. The molecule has 0 aliphatic carbocycles. The molecule has 25 heavy (non-hydrogen) atoms. The summed E-state index contributed by atoms with van der Waals surface area (Å²) in [4.78, 5) is 25.5. The van der Waals surface area contributed by atoms with E-state index in [4.69, 9.17) is 5.73 Å². The molecule has 0 unspecified atom stereocenters. The zero-order valence-corrected chi connectivity index (χ0v) is 13.6. The number of primary amides is 1. The monoisotopic (exact) mass is 349 g/mol. The van der Waals surface area contributed by atoms with Gasteiger partial charge in [0.05, 0.1) is 12.2 Å². The van der Waals surface area contributed by atoms with Crippen LogP contribution in [-0.2, 0) is 11.3 Å². The van der Waals surface area contributed by atoms with Crippen molar-refractivity contribution >= 4 is 11.8 Å². The van der Waals surface area contributed by atoms with Crippen molar-refractivity contribution in [1.82, 2.24) is 19.9 Å². The minimum Gasteiger partial charge on any atom is -0.368 e. The lowest BCUT2D eigenvalue weighted by atomic mass is 10.2. The summed E-state index contributed by atoms with van der Waals surface area (Å²) in [5, 5.41) is 7.75. The number of aromatic nitrogens is 3. The van der Waals surface area contributed by atoms with Crippen LogP contribution in [0.5, 0.6) is 0 Å². The van der Waals surface area contributed by atoms with Crippen LogP contribution in [0.3, 0.4) is 0 Å². The SMILES string of the molecule is Cc1c(C(=O)N2CCC[C@H]2C(N)=O)nnn1Cc1ccc(F)cc1F. The van der Waals surface area contributed by atoms with E-state index in [2.05, 4.69) is 10.3 Å². The number of amides is 2. The molecule has 1 aromatic carbocycles. The van der Waals surface area contributed by atoms with E-state index in [9.17, 15) is 18.4 Å². The number of nitrogens with zero attached hydrogens (tertiary/aromatic N) is 4. The Morgan fingerprint density at radius 1 is 1.36 bits per heavy atom. The number of carbonyl (C=O) groups excluding carboxylic acids is 2. The third-order valence-electron chi connectivity index (χ3n) is 4.36. The molecule has 0 bridgehead atoms. The smallest absolute Gasteiger partial charge is 0.277 e. The minimum atomic E-state index is -0.698. The van der Waals surface area contributed by atoms with Crippen LogP contribution >= 0.6 is 0 Å². The highest BCUT2D eigenvalue weighted by molar-refractivity contribution is 5.96. The average molecular weight is 349 g/mol. The quantitative estimate of drug-likeness (QED) is 0.891. The summed E-state index contributed by atoms with van der Waals surface area (Å²) in [6.45, 7) is 2.06. The normalized spacial score (nSPS) is 17.1. The van der Waals surface area contributed by atoms with E-state index in [1.54, 1.807) is 6.92 Å². The van der Waals surface area contributed by atoms with E-state index in [1.165, 1.54) is 15.6 Å². The van der Waals surface area contributed by atoms with Crippen molar-refractivity contribution in [2.45, 2.75) is 32.4 Å². The highest BCUT2D eigenvalue weighted by Gasteiger charge is 2.35. The molecule has 1 atom stereocenters. The first-order valence-electron chi connectivity index (χ1n) is 7.82. The zero-order valence-electron chi connectivity index (χ0n) is 13.6. The largest absolute Gasteiger partial charge is 0.368 e. The van der Waals surface area contributed by atoms with Gasteiger partial charge in [-0.2, -0.15) is 0 Å². The molecule has 2 N–H and O–H groups in total. The van der Waals surface area contributed by atoms with Gasteiger partial charge in [-0.1, -0.05) is 11.3 Å². The third kappa shape index (κ3) is 3.21. The van der Waals surface area contributed by atoms with Crippen molar-refractivity contribution in [3.05, 3.63) is 46.8 Å². The lowest BCUT2D eigenvalue weighted by Crippen LogP contribution is -2.44. The first-order valence-corrected chi connectivity index (χ1v) is 7.82. The number of nitrogens with two attached hydrogens (primary N) is 1. The molecule has 0 radical (unpaired) electrons. The Morgan fingerprint density at radius 3 is 2.80 bits per heavy atom. The van der Waals surface area contributed by atoms with Crippen LogP contribution in [0.4, 0.5) is 8.78 Å². The van der Waals surface area contributed by atoms with Crippen LogP contribution < -0.4 is 5.73 Å².